The molecule has 0 aromatic heterocycles. The summed E-state index contributed by atoms with van der Waals surface area (Å²) < 4.78 is 10.8. The van der Waals surface area contributed by atoms with Crippen LogP contribution in [-0.2, 0) is 0 Å². The molecule has 0 heterocycles. The van der Waals surface area contributed by atoms with Crippen molar-refractivity contribution in [3.05, 3.63) is 23.8 Å². The van der Waals surface area contributed by atoms with Crippen molar-refractivity contribution in [2.24, 2.45) is 5.92 Å². The summed E-state index contributed by atoms with van der Waals surface area (Å²) in [7, 11) is 3.42. The topological polar surface area (TPSA) is 30.5 Å². The third kappa shape index (κ3) is 2.86. The Balaban J connectivity index is 2.22. The van der Waals surface area contributed by atoms with Crippen molar-refractivity contribution in [1.29, 1.82) is 0 Å². The van der Waals surface area contributed by atoms with Gasteiger partial charge in [0.25, 0.3) is 0 Å². The highest BCUT2D eigenvalue weighted by Crippen LogP contribution is 2.43. The van der Waals surface area contributed by atoms with Gasteiger partial charge in [-0.25, -0.2) is 0 Å². The van der Waals surface area contributed by atoms with E-state index in [4.69, 9.17) is 9.47 Å². The monoisotopic (exact) mass is 263 g/mol. The third-order valence-corrected chi connectivity index (χ3v) is 4.36. The highest BCUT2D eigenvalue weighted by molar-refractivity contribution is 5.43. The van der Waals surface area contributed by atoms with Crippen LogP contribution in [0.5, 0.6) is 11.5 Å². The minimum absolute atomic E-state index is 0.574. The molecular formula is C16H25NO2. The molecule has 0 saturated heterocycles. The maximum atomic E-state index is 5.54. The summed E-state index contributed by atoms with van der Waals surface area (Å²) in [6, 6.07) is 6.81. The molecule has 1 aromatic carbocycles. The Morgan fingerprint density at radius 2 is 2.00 bits per heavy atom. The molecule has 3 atom stereocenters. The van der Waals surface area contributed by atoms with Gasteiger partial charge in [0.15, 0.2) is 0 Å². The molecule has 106 valence electrons. The van der Waals surface area contributed by atoms with Crippen LogP contribution < -0.4 is 14.8 Å². The van der Waals surface area contributed by atoms with Gasteiger partial charge in [-0.15, -0.1) is 0 Å². The molecule has 1 saturated carbocycles. The normalized spacial score (nSPS) is 26.4. The summed E-state index contributed by atoms with van der Waals surface area (Å²) in [5, 5.41) is 3.59. The Morgan fingerprint density at radius 3 is 2.63 bits per heavy atom. The number of hydrogen-bond donors (Lipinski definition) is 1. The zero-order valence-electron chi connectivity index (χ0n) is 12.4. The molecule has 2 rings (SSSR count). The number of nitrogens with one attached hydrogen (secondary N) is 1. The Morgan fingerprint density at radius 1 is 1.21 bits per heavy atom. The van der Waals surface area contributed by atoms with Gasteiger partial charge in [0.05, 0.1) is 14.2 Å². The van der Waals surface area contributed by atoms with Gasteiger partial charge in [0.2, 0.25) is 0 Å². The van der Waals surface area contributed by atoms with Crippen LogP contribution in [0.2, 0.25) is 0 Å². The molecule has 3 unspecified atom stereocenters. The van der Waals surface area contributed by atoms with Crippen LogP contribution in [0.25, 0.3) is 0 Å². The van der Waals surface area contributed by atoms with Crippen LogP contribution in [0.15, 0.2) is 18.2 Å². The van der Waals surface area contributed by atoms with Crippen molar-refractivity contribution >= 4 is 0 Å². The van der Waals surface area contributed by atoms with E-state index in [1.807, 2.05) is 12.1 Å². The molecule has 0 radical (unpaired) electrons. The molecule has 0 spiro atoms. The van der Waals surface area contributed by atoms with Crippen LogP contribution in [0.3, 0.4) is 0 Å². The van der Waals surface area contributed by atoms with E-state index in [9.17, 15) is 0 Å². The summed E-state index contributed by atoms with van der Waals surface area (Å²) in [4.78, 5) is 0. The maximum Gasteiger partial charge on any atom is 0.126 e. The van der Waals surface area contributed by atoms with Gasteiger partial charge in [0, 0.05) is 12.1 Å². The number of hydrogen-bond acceptors (Lipinski definition) is 3. The summed E-state index contributed by atoms with van der Waals surface area (Å²) in [5.41, 5.74) is 1.32. The van der Waals surface area contributed by atoms with Crippen molar-refractivity contribution in [3.63, 3.8) is 0 Å². The molecule has 1 aliphatic carbocycles. The van der Waals surface area contributed by atoms with Crippen LogP contribution >= 0.6 is 0 Å². The fourth-order valence-corrected chi connectivity index (χ4v) is 3.28. The Hall–Kier alpha value is -1.22. The number of ether oxygens (including phenoxy) is 2. The quantitative estimate of drug-likeness (QED) is 0.885. The first kappa shape index (κ1) is 14.2. The number of rotatable bonds is 5. The molecule has 3 nitrogen and oxygen atoms in total. The summed E-state index contributed by atoms with van der Waals surface area (Å²) in [5.74, 6) is 3.02. The van der Waals surface area contributed by atoms with Crippen molar-refractivity contribution in [2.75, 3.05) is 20.8 Å². The van der Waals surface area contributed by atoms with Crippen LogP contribution in [-0.4, -0.2) is 26.8 Å². The van der Waals surface area contributed by atoms with Crippen molar-refractivity contribution in [1.82, 2.24) is 5.32 Å². The Kier molecular flexibility index (Phi) is 4.70. The Bertz CT molecular complexity index is 419. The largest absolute Gasteiger partial charge is 0.497 e. The fourth-order valence-electron chi connectivity index (χ4n) is 3.28. The van der Waals surface area contributed by atoms with E-state index < -0.39 is 0 Å². The van der Waals surface area contributed by atoms with Gasteiger partial charge in [-0.2, -0.15) is 0 Å². The highest BCUT2D eigenvalue weighted by Gasteiger charge is 2.34. The zero-order valence-corrected chi connectivity index (χ0v) is 12.4. The maximum absolute atomic E-state index is 5.54. The van der Waals surface area contributed by atoms with Gasteiger partial charge in [-0.05, 0) is 42.9 Å². The first-order valence-corrected chi connectivity index (χ1v) is 7.16. The van der Waals surface area contributed by atoms with Crippen LogP contribution in [0, 0.1) is 5.92 Å². The first-order chi connectivity index (χ1) is 9.21. The second-order valence-corrected chi connectivity index (χ2v) is 5.32. The molecule has 1 aliphatic rings. The van der Waals surface area contributed by atoms with Gasteiger partial charge in [0.1, 0.15) is 11.5 Å². The van der Waals surface area contributed by atoms with Gasteiger partial charge >= 0.3 is 0 Å². The van der Waals surface area contributed by atoms with Crippen molar-refractivity contribution < 1.29 is 9.47 Å². The second-order valence-electron chi connectivity index (χ2n) is 5.32. The third-order valence-electron chi connectivity index (χ3n) is 4.36. The molecule has 1 fully saturated rings. The molecule has 0 bridgehead atoms. The van der Waals surface area contributed by atoms with E-state index in [2.05, 4.69) is 25.2 Å². The minimum Gasteiger partial charge on any atom is -0.497 e. The molecule has 19 heavy (non-hydrogen) atoms. The zero-order chi connectivity index (χ0) is 13.8. The second kappa shape index (κ2) is 6.29. The highest BCUT2D eigenvalue weighted by atomic mass is 16.5. The molecule has 1 N–H and O–H groups in total. The fraction of sp³-hybridized carbons (Fsp3) is 0.625. The van der Waals surface area contributed by atoms with E-state index in [1.54, 1.807) is 14.2 Å². The van der Waals surface area contributed by atoms with Gasteiger partial charge in [-0.1, -0.05) is 19.9 Å². The molecular weight excluding hydrogens is 238 g/mol. The minimum atomic E-state index is 0.574. The SMILES string of the molecule is CCNC1CCC(c2ccc(OC)cc2OC)C1C. The molecule has 0 aliphatic heterocycles. The average molecular weight is 263 g/mol. The van der Waals surface area contributed by atoms with Crippen molar-refractivity contribution in [3.8, 4) is 11.5 Å². The smallest absolute Gasteiger partial charge is 0.126 e. The Labute approximate surface area is 116 Å². The van der Waals surface area contributed by atoms with Gasteiger partial charge < -0.3 is 14.8 Å². The van der Waals surface area contributed by atoms with E-state index in [0.29, 0.717) is 17.9 Å². The average Bonchev–Trinajstić information content (AvgIpc) is 2.80. The van der Waals surface area contributed by atoms with E-state index in [-0.39, 0.29) is 0 Å². The predicted molar refractivity (Wildman–Crippen MR) is 78.1 cm³/mol. The van der Waals surface area contributed by atoms with Gasteiger partial charge in [-0.3, -0.25) is 0 Å². The van der Waals surface area contributed by atoms with E-state index in [1.165, 1.54) is 18.4 Å². The summed E-state index contributed by atoms with van der Waals surface area (Å²) in [6.07, 6.45) is 2.47. The summed E-state index contributed by atoms with van der Waals surface area (Å²) in [6.45, 7) is 5.56. The van der Waals surface area contributed by atoms with E-state index >= 15 is 0 Å². The predicted octanol–water partition coefficient (Wildman–Crippen LogP) is 3.20. The van der Waals surface area contributed by atoms with Crippen LogP contribution in [0.1, 0.15) is 38.2 Å². The lowest BCUT2D eigenvalue weighted by atomic mass is 9.88. The lowest BCUT2D eigenvalue weighted by molar-refractivity contribution is 0.375. The molecule has 3 heteroatoms. The van der Waals surface area contributed by atoms with E-state index in [0.717, 1.165) is 18.0 Å². The molecule has 1 aromatic rings. The summed E-state index contributed by atoms with van der Waals surface area (Å²) >= 11 is 0. The molecule has 0 amide bonds. The van der Waals surface area contributed by atoms with Crippen molar-refractivity contribution in [2.45, 2.75) is 38.6 Å². The first-order valence-electron chi connectivity index (χ1n) is 7.16. The lowest BCUT2D eigenvalue weighted by Gasteiger charge is -2.23. The standard InChI is InChI=1S/C16H25NO2/c1-5-17-15-9-8-13(11(15)2)14-7-6-12(18-3)10-16(14)19-4/h6-7,10-11,13,15,17H,5,8-9H2,1-4H3. The van der Waals surface area contributed by atoms with Crippen LogP contribution in [0.4, 0.5) is 0 Å². The lowest BCUT2D eigenvalue weighted by Crippen LogP contribution is -2.32. The number of benzene rings is 1. The number of methoxy groups -OCH3 is 2.